The normalized spacial score (nSPS) is 26.7. The molecule has 1 aromatic rings. The van der Waals surface area contributed by atoms with Crippen LogP contribution in [0.4, 0.5) is 0 Å². The van der Waals surface area contributed by atoms with Crippen molar-refractivity contribution in [3.8, 4) is 0 Å². The Hall–Kier alpha value is -1.08. The number of rotatable bonds is 3. The second-order valence-corrected chi connectivity index (χ2v) is 5.93. The largest absolute Gasteiger partial charge is 0.297 e. The summed E-state index contributed by atoms with van der Waals surface area (Å²) in [6.45, 7) is 5.86. The van der Waals surface area contributed by atoms with Gasteiger partial charge < -0.3 is 0 Å². The van der Waals surface area contributed by atoms with Crippen molar-refractivity contribution >= 4 is 5.57 Å². The van der Waals surface area contributed by atoms with Gasteiger partial charge in [0.05, 0.1) is 0 Å². The molecule has 3 rings (SSSR count). The first-order chi connectivity index (χ1) is 9.33. The van der Waals surface area contributed by atoms with E-state index in [1.807, 2.05) is 0 Å². The number of piperidine rings is 1. The van der Waals surface area contributed by atoms with E-state index in [1.54, 1.807) is 11.1 Å². The standard InChI is InChI=1S/C18H25N/c1-3-18(14-8-6-5-7-9-14)15-12-16-10-11-17(13-15)19(16)4-2/h5-9,16-17H,3-4,10-13H2,1-2H3. The maximum atomic E-state index is 2.74. The second-order valence-electron chi connectivity index (χ2n) is 5.93. The van der Waals surface area contributed by atoms with Crippen molar-refractivity contribution in [3.63, 3.8) is 0 Å². The highest BCUT2D eigenvalue weighted by molar-refractivity contribution is 5.69. The molecule has 1 heteroatoms. The number of fused-ring (bicyclic) bond motifs is 2. The molecular weight excluding hydrogens is 230 g/mol. The van der Waals surface area contributed by atoms with Gasteiger partial charge in [0.1, 0.15) is 0 Å². The molecule has 0 aliphatic carbocycles. The zero-order chi connectivity index (χ0) is 13.2. The van der Waals surface area contributed by atoms with E-state index in [0.29, 0.717) is 0 Å². The minimum absolute atomic E-state index is 0.823. The van der Waals surface area contributed by atoms with Crippen LogP contribution in [0.3, 0.4) is 0 Å². The van der Waals surface area contributed by atoms with Crippen molar-refractivity contribution in [1.29, 1.82) is 0 Å². The van der Waals surface area contributed by atoms with Crippen molar-refractivity contribution in [3.05, 3.63) is 41.5 Å². The molecule has 2 saturated heterocycles. The predicted molar refractivity (Wildman–Crippen MR) is 82.1 cm³/mol. The summed E-state index contributed by atoms with van der Waals surface area (Å²) < 4.78 is 0. The van der Waals surface area contributed by atoms with Gasteiger partial charge in [0.25, 0.3) is 0 Å². The average Bonchev–Trinajstić information content (AvgIpc) is 2.70. The van der Waals surface area contributed by atoms with E-state index in [1.165, 1.54) is 44.2 Å². The van der Waals surface area contributed by atoms with Gasteiger partial charge in [-0.15, -0.1) is 0 Å². The first-order valence-electron chi connectivity index (χ1n) is 7.85. The van der Waals surface area contributed by atoms with Crippen molar-refractivity contribution in [2.45, 2.75) is 58.0 Å². The van der Waals surface area contributed by atoms with Crippen LogP contribution in [0.1, 0.15) is 51.5 Å². The Morgan fingerprint density at radius 2 is 1.68 bits per heavy atom. The summed E-state index contributed by atoms with van der Waals surface area (Å²) in [5.41, 5.74) is 4.81. The van der Waals surface area contributed by atoms with Gasteiger partial charge in [-0.1, -0.05) is 49.8 Å². The summed E-state index contributed by atoms with van der Waals surface area (Å²) in [6, 6.07) is 12.7. The Morgan fingerprint density at radius 3 is 2.21 bits per heavy atom. The molecule has 0 radical (unpaired) electrons. The third kappa shape index (κ3) is 2.36. The van der Waals surface area contributed by atoms with Gasteiger partial charge in [-0.05, 0) is 49.8 Å². The second kappa shape index (κ2) is 5.50. The lowest BCUT2D eigenvalue weighted by Crippen LogP contribution is -2.40. The highest BCUT2D eigenvalue weighted by Gasteiger charge is 2.37. The van der Waals surface area contributed by atoms with Crippen LogP contribution in [-0.4, -0.2) is 23.5 Å². The van der Waals surface area contributed by atoms with Gasteiger partial charge >= 0.3 is 0 Å². The topological polar surface area (TPSA) is 3.24 Å². The highest BCUT2D eigenvalue weighted by Crippen LogP contribution is 2.41. The minimum atomic E-state index is 0.823. The third-order valence-corrected chi connectivity index (χ3v) is 5.00. The number of allylic oxidation sites excluding steroid dienone is 1. The van der Waals surface area contributed by atoms with Gasteiger partial charge in [0, 0.05) is 12.1 Å². The van der Waals surface area contributed by atoms with Gasteiger partial charge in [-0.3, -0.25) is 4.90 Å². The van der Waals surface area contributed by atoms with Crippen LogP contribution in [0, 0.1) is 0 Å². The minimum Gasteiger partial charge on any atom is -0.297 e. The first-order valence-corrected chi connectivity index (χ1v) is 7.85. The fraction of sp³-hybridized carbons (Fsp3) is 0.556. The summed E-state index contributed by atoms with van der Waals surface area (Å²) in [6.07, 6.45) is 6.61. The van der Waals surface area contributed by atoms with E-state index in [9.17, 15) is 0 Å². The molecule has 2 bridgehead atoms. The lowest BCUT2D eigenvalue weighted by Gasteiger charge is -2.36. The average molecular weight is 255 g/mol. The molecule has 1 aromatic carbocycles. The van der Waals surface area contributed by atoms with Crippen molar-refractivity contribution < 1.29 is 0 Å². The van der Waals surface area contributed by atoms with Crippen LogP contribution in [0.2, 0.25) is 0 Å². The molecule has 0 N–H and O–H groups in total. The van der Waals surface area contributed by atoms with E-state index < -0.39 is 0 Å². The van der Waals surface area contributed by atoms with Gasteiger partial charge in [0.2, 0.25) is 0 Å². The van der Waals surface area contributed by atoms with E-state index in [2.05, 4.69) is 49.1 Å². The molecule has 0 saturated carbocycles. The van der Waals surface area contributed by atoms with Gasteiger partial charge in [-0.25, -0.2) is 0 Å². The monoisotopic (exact) mass is 255 g/mol. The van der Waals surface area contributed by atoms with Crippen LogP contribution in [0.25, 0.3) is 5.57 Å². The van der Waals surface area contributed by atoms with Crippen molar-refractivity contribution in [2.24, 2.45) is 0 Å². The maximum absolute atomic E-state index is 2.74. The smallest absolute Gasteiger partial charge is 0.0136 e. The van der Waals surface area contributed by atoms with E-state index in [4.69, 9.17) is 0 Å². The molecule has 2 atom stereocenters. The fourth-order valence-electron chi connectivity index (χ4n) is 4.17. The highest BCUT2D eigenvalue weighted by atomic mass is 15.2. The summed E-state index contributed by atoms with van der Waals surface area (Å²) in [5.74, 6) is 0. The Morgan fingerprint density at radius 1 is 1.05 bits per heavy atom. The zero-order valence-corrected chi connectivity index (χ0v) is 12.2. The predicted octanol–water partition coefficient (Wildman–Crippen LogP) is 4.50. The van der Waals surface area contributed by atoms with Crippen molar-refractivity contribution in [2.75, 3.05) is 6.54 Å². The molecule has 19 heavy (non-hydrogen) atoms. The van der Waals surface area contributed by atoms with Crippen molar-refractivity contribution in [1.82, 2.24) is 4.90 Å². The Bertz CT molecular complexity index is 444. The van der Waals surface area contributed by atoms with Crippen LogP contribution in [0.5, 0.6) is 0 Å². The Labute approximate surface area is 117 Å². The van der Waals surface area contributed by atoms with Crippen LogP contribution < -0.4 is 0 Å². The molecule has 2 aliphatic heterocycles. The lowest BCUT2D eigenvalue weighted by molar-refractivity contribution is 0.176. The molecule has 0 spiro atoms. The lowest BCUT2D eigenvalue weighted by atomic mass is 9.88. The van der Waals surface area contributed by atoms with E-state index in [0.717, 1.165) is 12.1 Å². The number of hydrogen-bond donors (Lipinski definition) is 0. The molecule has 2 fully saturated rings. The molecule has 2 unspecified atom stereocenters. The molecule has 0 amide bonds. The van der Waals surface area contributed by atoms with E-state index in [-0.39, 0.29) is 0 Å². The number of hydrogen-bond acceptors (Lipinski definition) is 1. The quantitative estimate of drug-likeness (QED) is 0.769. The van der Waals surface area contributed by atoms with Crippen LogP contribution in [-0.2, 0) is 0 Å². The summed E-state index contributed by atoms with van der Waals surface area (Å²) in [5, 5.41) is 0. The van der Waals surface area contributed by atoms with Gasteiger partial charge in [-0.2, -0.15) is 0 Å². The summed E-state index contributed by atoms with van der Waals surface area (Å²) in [4.78, 5) is 2.74. The molecule has 2 heterocycles. The van der Waals surface area contributed by atoms with Crippen LogP contribution in [0.15, 0.2) is 35.9 Å². The summed E-state index contributed by atoms with van der Waals surface area (Å²) in [7, 11) is 0. The Kier molecular flexibility index (Phi) is 3.74. The molecule has 1 nitrogen and oxygen atoms in total. The number of benzene rings is 1. The van der Waals surface area contributed by atoms with E-state index >= 15 is 0 Å². The third-order valence-electron chi connectivity index (χ3n) is 5.00. The molecular formula is C18H25N. The molecule has 2 aliphatic rings. The molecule has 0 aromatic heterocycles. The SMILES string of the molecule is CCC(=C1CC2CCC(C1)N2CC)c1ccccc1. The first kappa shape index (κ1) is 12.9. The fourth-order valence-corrected chi connectivity index (χ4v) is 4.17. The number of nitrogens with zero attached hydrogens (tertiary/aromatic N) is 1. The van der Waals surface area contributed by atoms with Crippen LogP contribution >= 0.6 is 0 Å². The summed E-state index contributed by atoms with van der Waals surface area (Å²) >= 11 is 0. The van der Waals surface area contributed by atoms with Gasteiger partial charge in [0.15, 0.2) is 0 Å². The Balaban J connectivity index is 1.91. The molecule has 102 valence electrons. The zero-order valence-electron chi connectivity index (χ0n) is 12.2. The maximum Gasteiger partial charge on any atom is 0.0136 e.